The van der Waals surface area contributed by atoms with Gasteiger partial charge < -0.3 is 10.1 Å². The molecule has 0 saturated carbocycles. The van der Waals surface area contributed by atoms with Crippen molar-refractivity contribution in [2.45, 2.75) is 0 Å². The van der Waals surface area contributed by atoms with E-state index in [2.05, 4.69) is 27.4 Å². The molecule has 0 atom stereocenters. The van der Waals surface area contributed by atoms with Crippen molar-refractivity contribution in [1.29, 1.82) is 0 Å². The number of aromatic amines is 1. The fraction of sp³-hybridized carbons (Fsp3) is 0. The van der Waals surface area contributed by atoms with Crippen LogP contribution in [0.1, 0.15) is 0 Å². The first kappa shape index (κ1) is 9.32. The number of H-pyrrole nitrogens is 1. The van der Waals surface area contributed by atoms with Gasteiger partial charge in [-0.25, -0.2) is 4.63 Å². The predicted octanol–water partition coefficient (Wildman–Crippen LogP) is -0.293. The van der Waals surface area contributed by atoms with E-state index in [1.165, 1.54) is 10.8 Å². The molecule has 0 aromatic carbocycles. The predicted molar refractivity (Wildman–Crippen MR) is 40.0 cm³/mol. The smallest absolute Gasteiger partial charge is 0.197 e. The monoisotopic (exact) mass is 354 g/mol. The number of fused-ring (bicyclic) bond motifs is 1. The van der Waals surface area contributed by atoms with Gasteiger partial charge in [0.2, 0.25) is 0 Å². The number of aromatic nitrogens is 4. The average molecular weight is 353 g/mol. The van der Waals surface area contributed by atoms with E-state index in [0.717, 1.165) is 0 Å². The van der Waals surface area contributed by atoms with Gasteiger partial charge in [0.05, 0.1) is 6.20 Å². The van der Waals surface area contributed by atoms with Gasteiger partial charge >= 0.3 is 0 Å². The van der Waals surface area contributed by atoms with Crippen LogP contribution in [0.3, 0.4) is 0 Å². The molecule has 0 amide bonds. The Hall–Kier alpha value is -0.768. The van der Waals surface area contributed by atoms with Crippen LogP contribution in [0, 0.1) is 4.77 Å². The molecule has 0 aliphatic rings. The van der Waals surface area contributed by atoms with Gasteiger partial charge in [0.1, 0.15) is 5.52 Å². The topological polar surface area (TPSA) is 64.3 Å². The first-order valence-electron chi connectivity index (χ1n) is 2.88. The van der Waals surface area contributed by atoms with Crippen molar-refractivity contribution < 1.29 is 20.4 Å². The van der Waals surface area contributed by atoms with Crippen LogP contribution in [0.15, 0.2) is 17.1 Å². The summed E-state index contributed by atoms with van der Waals surface area (Å²) in [6, 6.07) is 1.57. The maximum Gasteiger partial charge on any atom is 0.197 e. The maximum atomic E-state index is 11.0. The number of nitrogens with zero attached hydrogens (tertiary/aromatic N) is 3. The minimum Gasteiger partial charge on any atom is -0.389 e. The second kappa shape index (κ2) is 3.31. The van der Waals surface area contributed by atoms with Gasteiger partial charge in [-0.2, -0.15) is 5.10 Å². The Kier molecular flexibility index (Phi) is 2.57. The molecule has 12 heavy (non-hydrogen) atoms. The summed E-state index contributed by atoms with van der Waals surface area (Å²) in [6.45, 7) is 0. The van der Waals surface area contributed by atoms with E-state index in [0.29, 0.717) is 5.52 Å². The molecular formula is C5H3N4OReS-. The Morgan fingerprint density at radius 2 is 2.42 bits per heavy atom. The van der Waals surface area contributed by atoms with Crippen molar-refractivity contribution in [3.05, 3.63) is 27.4 Å². The van der Waals surface area contributed by atoms with Crippen molar-refractivity contribution >= 4 is 17.7 Å². The Bertz CT molecular complexity index is 498. The standard InChI is InChI=1S/C5H4N4OS.Re/c10-4-3-1-2-6-9(3)8-5(11)7-4;/h1-2H,(H2,7,8,10,11);/p-1. The zero-order valence-electron chi connectivity index (χ0n) is 5.69. The van der Waals surface area contributed by atoms with E-state index in [1.807, 2.05) is 0 Å². The fourth-order valence-electron chi connectivity index (χ4n) is 0.819. The summed E-state index contributed by atoms with van der Waals surface area (Å²) >= 11 is 4.67. The molecule has 7 heteroatoms. The quantitative estimate of drug-likeness (QED) is 0.661. The summed E-state index contributed by atoms with van der Waals surface area (Å²) in [7, 11) is 0. The van der Waals surface area contributed by atoms with E-state index >= 15 is 0 Å². The molecular weight excluding hydrogens is 350 g/mol. The van der Waals surface area contributed by atoms with E-state index in [4.69, 9.17) is 0 Å². The largest absolute Gasteiger partial charge is 0.389 e. The van der Waals surface area contributed by atoms with Gasteiger partial charge in [0, 0.05) is 25.2 Å². The number of hydrogen-bond donors (Lipinski definition) is 1. The van der Waals surface area contributed by atoms with E-state index < -0.39 is 0 Å². The van der Waals surface area contributed by atoms with Crippen molar-refractivity contribution in [3.8, 4) is 0 Å². The number of nitrogens with one attached hydrogen (secondary N) is 1. The SMILES string of the molecule is O=c1[n-]c(=S)[nH]n2nccc12.[Re]. The summed E-state index contributed by atoms with van der Waals surface area (Å²) < 4.78 is 1.45. The molecule has 2 rings (SSSR count). The third-order valence-electron chi connectivity index (χ3n) is 1.27. The van der Waals surface area contributed by atoms with Crippen molar-refractivity contribution in [2.24, 2.45) is 0 Å². The van der Waals surface area contributed by atoms with Crippen molar-refractivity contribution in [1.82, 2.24) is 19.8 Å². The van der Waals surface area contributed by atoms with Crippen LogP contribution in [0.25, 0.3) is 5.52 Å². The van der Waals surface area contributed by atoms with Crippen LogP contribution in [-0.4, -0.2) is 14.8 Å². The molecule has 5 nitrogen and oxygen atoms in total. The molecule has 0 fully saturated rings. The van der Waals surface area contributed by atoms with Crippen LogP contribution in [0.4, 0.5) is 0 Å². The number of hydrogen-bond acceptors (Lipinski definition) is 3. The van der Waals surface area contributed by atoms with Gasteiger partial charge in [-0.15, -0.1) is 0 Å². The molecule has 0 bridgehead atoms. The minimum atomic E-state index is -0.355. The van der Waals surface area contributed by atoms with E-state index in [1.54, 1.807) is 6.07 Å². The van der Waals surface area contributed by atoms with Crippen LogP contribution in [0.2, 0.25) is 0 Å². The number of rotatable bonds is 0. The fourth-order valence-corrected chi connectivity index (χ4v) is 0.989. The zero-order valence-corrected chi connectivity index (χ0v) is 9.22. The Labute approximate surface area is 85.4 Å². The van der Waals surface area contributed by atoms with Crippen LogP contribution in [-0.2, 0) is 20.4 Å². The molecule has 0 aliphatic heterocycles. The Morgan fingerprint density at radius 1 is 1.67 bits per heavy atom. The molecule has 63 valence electrons. The van der Waals surface area contributed by atoms with Gasteiger partial charge in [0.25, 0.3) is 0 Å². The summed E-state index contributed by atoms with van der Waals surface area (Å²) in [5.74, 6) is 0. The zero-order chi connectivity index (χ0) is 7.84. The second-order valence-corrected chi connectivity index (χ2v) is 2.35. The molecule has 2 heterocycles. The summed E-state index contributed by atoms with van der Waals surface area (Å²) in [5, 5.41) is 6.41. The molecule has 2 aromatic rings. The summed E-state index contributed by atoms with van der Waals surface area (Å²) in [4.78, 5) is 14.5. The Morgan fingerprint density at radius 3 is 3.17 bits per heavy atom. The van der Waals surface area contributed by atoms with Gasteiger partial charge in [-0.1, -0.05) is 12.2 Å². The average Bonchev–Trinajstić information content (AvgIpc) is 2.34. The third-order valence-corrected chi connectivity index (χ3v) is 1.45. The first-order chi connectivity index (χ1) is 5.27. The minimum absolute atomic E-state index is 0. The molecule has 1 N–H and O–H groups in total. The van der Waals surface area contributed by atoms with Crippen LogP contribution >= 0.6 is 12.2 Å². The van der Waals surface area contributed by atoms with E-state index in [9.17, 15) is 4.79 Å². The summed E-state index contributed by atoms with van der Waals surface area (Å²) in [6.07, 6.45) is 1.50. The van der Waals surface area contributed by atoms with Crippen molar-refractivity contribution in [3.63, 3.8) is 0 Å². The molecule has 0 unspecified atom stereocenters. The normalized spacial score (nSPS) is 9.67. The maximum absolute atomic E-state index is 11.0. The van der Waals surface area contributed by atoms with Crippen LogP contribution < -0.4 is 10.5 Å². The van der Waals surface area contributed by atoms with Crippen LogP contribution in [0.5, 0.6) is 0 Å². The third kappa shape index (κ3) is 1.39. The van der Waals surface area contributed by atoms with Gasteiger partial charge in [-0.05, 0) is 6.07 Å². The molecule has 1 radical (unpaired) electrons. The molecule has 2 aromatic heterocycles. The first-order valence-corrected chi connectivity index (χ1v) is 3.29. The second-order valence-electron chi connectivity index (χ2n) is 1.96. The van der Waals surface area contributed by atoms with Gasteiger partial charge in [-0.3, -0.25) is 4.79 Å². The molecule has 0 spiro atoms. The summed E-state index contributed by atoms with van der Waals surface area (Å²) in [5.41, 5.74) is 0.0462. The molecule has 0 aliphatic carbocycles. The van der Waals surface area contributed by atoms with E-state index in [-0.39, 0.29) is 30.8 Å². The van der Waals surface area contributed by atoms with Gasteiger partial charge in [0.15, 0.2) is 5.56 Å². The Balaban J connectivity index is 0.000000720. The molecule has 0 saturated heterocycles. The van der Waals surface area contributed by atoms with Crippen molar-refractivity contribution in [2.75, 3.05) is 0 Å².